The van der Waals surface area contributed by atoms with E-state index in [1.165, 1.54) is 0 Å². The van der Waals surface area contributed by atoms with Crippen LogP contribution in [0.1, 0.15) is 26.2 Å². The van der Waals surface area contributed by atoms with Gasteiger partial charge in [-0.3, -0.25) is 24.1 Å². The molecular weight excluding hydrogens is 218 g/mol. The summed E-state index contributed by atoms with van der Waals surface area (Å²) in [5.74, 6) is -0.671. The highest BCUT2D eigenvalue weighted by molar-refractivity contribution is 8.26. The maximum atomic E-state index is 11.3. The molecule has 0 saturated carbocycles. The Morgan fingerprint density at radius 1 is 1.20 bits per heavy atom. The van der Waals surface area contributed by atoms with Gasteiger partial charge in [-0.2, -0.15) is 0 Å². The maximum absolute atomic E-state index is 11.3. The van der Waals surface area contributed by atoms with Crippen molar-refractivity contribution in [3.8, 4) is 0 Å². The number of rotatable bonds is 3. The minimum Gasteiger partial charge on any atom is -0.287 e. The van der Waals surface area contributed by atoms with Gasteiger partial charge in [0.25, 0.3) is 0 Å². The third kappa shape index (κ3) is 3.16. The van der Waals surface area contributed by atoms with Gasteiger partial charge in [-0.15, -0.1) is 0 Å². The summed E-state index contributed by atoms with van der Waals surface area (Å²) in [6.45, 7) is 1.36. The number of likely N-dealkylation sites (tertiary alicyclic amines) is 1. The first-order chi connectivity index (χ1) is 7.04. The Kier molecular flexibility index (Phi) is 4.02. The zero-order valence-corrected chi connectivity index (χ0v) is 9.13. The molecule has 0 aromatic rings. The molecule has 0 N–H and O–H groups in total. The Balaban J connectivity index is 2.47. The molecule has 0 bridgehead atoms. The number of carbonyl (C=O) groups is 4. The molecule has 1 heterocycles. The molecule has 15 heavy (non-hydrogen) atoms. The number of nitrogens with zero attached hydrogens (tertiary/aromatic N) is 1. The zero-order valence-electron chi connectivity index (χ0n) is 8.32. The second-order valence-corrected chi connectivity index (χ2v) is 4.19. The molecule has 0 unspecified atom stereocenters. The van der Waals surface area contributed by atoms with E-state index in [1.807, 2.05) is 0 Å². The van der Waals surface area contributed by atoms with Crippen LogP contribution in [0.2, 0.25) is 0 Å². The third-order valence-corrected chi connectivity index (χ3v) is 2.83. The molecule has 1 aliphatic rings. The number of hydrogen-bond donors (Lipinski definition) is 0. The third-order valence-electron chi connectivity index (χ3n) is 1.96. The fourth-order valence-corrected chi connectivity index (χ4v) is 1.75. The van der Waals surface area contributed by atoms with E-state index in [-0.39, 0.29) is 42.7 Å². The second kappa shape index (κ2) is 5.06. The van der Waals surface area contributed by atoms with Crippen molar-refractivity contribution in [2.24, 2.45) is 0 Å². The van der Waals surface area contributed by atoms with Crippen molar-refractivity contribution < 1.29 is 19.2 Å². The number of amides is 2. The summed E-state index contributed by atoms with van der Waals surface area (Å²) >= 11 is 0.567. The van der Waals surface area contributed by atoms with Gasteiger partial charge in [-0.05, 0) is 11.8 Å². The summed E-state index contributed by atoms with van der Waals surface area (Å²) in [6, 6.07) is 0. The van der Waals surface area contributed by atoms with Crippen molar-refractivity contribution in [2.45, 2.75) is 26.2 Å². The van der Waals surface area contributed by atoms with Crippen molar-refractivity contribution in [1.82, 2.24) is 4.90 Å². The van der Waals surface area contributed by atoms with E-state index < -0.39 is 5.12 Å². The lowest BCUT2D eigenvalue weighted by Gasteiger charge is -2.11. The highest BCUT2D eigenvalue weighted by Crippen LogP contribution is 2.14. The lowest BCUT2D eigenvalue weighted by Crippen LogP contribution is -2.33. The molecule has 5 nitrogen and oxygen atoms in total. The molecule has 2 amide bonds. The van der Waals surface area contributed by atoms with Gasteiger partial charge >= 0.3 is 0 Å². The summed E-state index contributed by atoms with van der Waals surface area (Å²) in [4.78, 5) is 45.4. The topological polar surface area (TPSA) is 71.5 Å². The first kappa shape index (κ1) is 11.9. The lowest BCUT2D eigenvalue weighted by atomic mass is 10.4. The van der Waals surface area contributed by atoms with Crippen LogP contribution in [0.3, 0.4) is 0 Å². The summed E-state index contributed by atoms with van der Waals surface area (Å²) in [6.07, 6.45) is 0.593. The van der Waals surface area contributed by atoms with Crippen LogP contribution >= 0.6 is 11.8 Å². The molecular formula is C9H11NO4S. The van der Waals surface area contributed by atoms with Crippen LogP contribution in [-0.4, -0.2) is 33.5 Å². The fraction of sp³-hybridized carbons (Fsp3) is 0.556. The van der Waals surface area contributed by atoms with Gasteiger partial charge in [-0.1, -0.05) is 6.92 Å². The van der Waals surface area contributed by atoms with Gasteiger partial charge in [0.15, 0.2) is 5.12 Å². The van der Waals surface area contributed by atoms with Crippen LogP contribution in [-0.2, 0) is 19.2 Å². The molecule has 1 aliphatic heterocycles. The summed E-state index contributed by atoms with van der Waals surface area (Å²) < 4.78 is 0. The molecule has 1 fully saturated rings. The maximum Gasteiger partial charge on any atom is 0.230 e. The lowest BCUT2D eigenvalue weighted by molar-refractivity contribution is -0.140. The molecule has 1 saturated heterocycles. The first-order valence-electron chi connectivity index (χ1n) is 4.61. The van der Waals surface area contributed by atoms with Gasteiger partial charge in [0.2, 0.25) is 16.9 Å². The summed E-state index contributed by atoms with van der Waals surface area (Å²) in [5, 5.41) is -0.704. The van der Waals surface area contributed by atoms with Gasteiger partial charge in [0.05, 0.1) is 6.54 Å². The standard InChI is InChI=1S/C9H11NO4S/c1-2-8(13)15-9(14)5-10-6(11)3-4-7(10)12/h2-5H2,1H3. The summed E-state index contributed by atoms with van der Waals surface area (Å²) in [7, 11) is 0. The molecule has 0 aromatic heterocycles. The molecule has 0 radical (unpaired) electrons. The van der Waals surface area contributed by atoms with Gasteiger partial charge in [-0.25, -0.2) is 0 Å². The van der Waals surface area contributed by atoms with Crippen LogP contribution in [0.25, 0.3) is 0 Å². The van der Waals surface area contributed by atoms with E-state index >= 15 is 0 Å². The zero-order chi connectivity index (χ0) is 11.4. The Labute approximate surface area is 91.2 Å². The van der Waals surface area contributed by atoms with Crippen LogP contribution in [0, 0.1) is 0 Å². The molecule has 0 spiro atoms. The number of carbonyl (C=O) groups excluding carboxylic acids is 4. The largest absolute Gasteiger partial charge is 0.287 e. The van der Waals surface area contributed by atoms with Crippen molar-refractivity contribution in [1.29, 1.82) is 0 Å². The van der Waals surface area contributed by atoms with E-state index in [0.29, 0.717) is 11.8 Å². The Bertz CT molecular complexity index is 310. The number of thioether (sulfide) groups is 1. The minimum atomic E-state index is -0.453. The number of hydrogen-bond acceptors (Lipinski definition) is 5. The molecule has 0 aromatic carbocycles. The fourth-order valence-electron chi connectivity index (χ4n) is 1.16. The smallest absolute Gasteiger partial charge is 0.230 e. The molecule has 1 rings (SSSR count). The van der Waals surface area contributed by atoms with Crippen molar-refractivity contribution >= 4 is 33.8 Å². The van der Waals surface area contributed by atoms with Crippen LogP contribution in [0.5, 0.6) is 0 Å². The minimum absolute atomic E-state index is 0.165. The summed E-state index contributed by atoms with van der Waals surface area (Å²) in [5.41, 5.74) is 0. The highest BCUT2D eigenvalue weighted by Gasteiger charge is 2.30. The molecule has 0 aliphatic carbocycles. The number of imide groups is 1. The normalized spacial score (nSPS) is 15.9. The Hall–Kier alpha value is -1.17. The highest BCUT2D eigenvalue weighted by atomic mass is 32.2. The van der Waals surface area contributed by atoms with Crippen LogP contribution in [0.4, 0.5) is 0 Å². The van der Waals surface area contributed by atoms with Gasteiger partial charge in [0, 0.05) is 19.3 Å². The SMILES string of the molecule is CCC(=O)SC(=O)CN1C(=O)CCC1=O. The molecule has 0 atom stereocenters. The first-order valence-corrected chi connectivity index (χ1v) is 5.43. The van der Waals surface area contributed by atoms with E-state index in [0.717, 1.165) is 4.90 Å². The van der Waals surface area contributed by atoms with E-state index in [4.69, 9.17) is 0 Å². The average Bonchev–Trinajstić information content (AvgIpc) is 2.49. The van der Waals surface area contributed by atoms with E-state index in [9.17, 15) is 19.2 Å². The van der Waals surface area contributed by atoms with Crippen molar-refractivity contribution in [3.05, 3.63) is 0 Å². The van der Waals surface area contributed by atoms with E-state index in [1.54, 1.807) is 6.92 Å². The average molecular weight is 229 g/mol. The van der Waals surface area contributed by atoms with Gasteiger partial charge in [0.1, 0.15) is 0 Å². The second-order valence-electron chi connectivity index (χ2n) is 3.07. The monoisotopic (exact) mass is 229 g/mol. The molecule has 6 heteroatoms. The van der Waals surface area contributed by atoms with E-state index in [2.05, 4.69) is 0 Å². The predicted octanol–water partition coefficient (Wildman–Crippen LogP) is 0.332. The quantitative estimate of drug-likeness (QED) is 0.652. The van der Waals surface area contributed by atoms with Crippen molar-refractivity contribution in [2.75, 3.05) is 6.54 Å². The predicted molar refractivity (Wildman–Crippen MR) is 53.9 cm³/mol. The van der Waals surface area contributed by atoms with Crippen molar-refractivity contribution in [3.63, 3.8) is 0 Å². The van der Waals surface area contributed by atoms with Gasteiger partial charge < -0.3 is 0 Å². The van der Waals surface area contributed by atoms with Crippen LogP contribution in [0.15, 0.2) is 0 Å². The van der Waals surface area contributed by atoms with Crippen LogP contribution < -0.4 is 0 Å². The Morgan fingerprint density at radius 3 is 2.20 bits per heavy atom. The molecule has 82 valence electrons. The Morgan fingerprint density at radius 2 is 1.73 bits per heavy atom.